The smallest absolute Gasteiger partial charge is 0.255 e. The summed E-state index contributed by atoms with van der Waals surface area (Å²) in [7, 11) is 0. The molecular formula is C18H19N3O2S. The predicted molar refractivity (Wildman–Crippen MR) is 95.0 cm³/mol. The van der Waals surface area contributed by atoms with E-state index in [4.69, 9.17) is 4.74 Å². The first-order chi connectivity index (χ1) is 11.8. The SMILES string of the molecule is CCOC(CNC(=O)c1cn[nH]c1-c1ccsc1)c1ccccc1. The molecular weight excluding hydrogens is 322 g/mol. The van der Waals surface area contributed by atoms with Crippen LogP contribution in [0.3, 0.4) is 0 Å². The second-order valence-electron chi connectivity index (χ2n) is 5.24. The van der Waals surface area contributed by atoms with E-state index in [9.17, 15) is 4.79 Å². The monoisotopic (exact) mass is 341 g/mol. The minimum atomic E-state index is -0.170. The maximum Gasteiger partial charge on any atom is 0.255 e. The molecule has 3 aromatic rings. The zero-order valence-corrected chi connectivity index (χ0v) is 14.2. The van der Waals surface area contributed by atoms with Crippen molar-refractivity contribution in [3.63, 3.8) is 0 Å². The van der Waals surface area contributed by atoms with E-state index in [1.54, 1.807) is 17.5 Å². The fourth-order valence-electron chi connectivity index (χ4n) is 2.51. The number of carbonyl (C=O) groups excluding carboxylic acids is 1. The molecule has 0 aliphatic rings. The van der Waals surface area contributed by atoms with E-state index in [1.165, 1.54) is 0 Å². The van der Waals surface area contributed by atoms with Crippen LogP contribution in [0.4, 0.5) is 0 Å². The Balaban J connectivity index is 1.70. The molecule has 2 aromatic heterocycles. The predicted octanol–water partition coefficient (Wildman–Crippen LogP) is 3.65. The number of hydrogen-bond donors (Lipinski definition) is 2. The number of nitrogens with one attached hydrogen (secondary N) is 2. The molecule has 24 heavy (non-hydrogen) atoms. The number of rotatable bonds is 7. The van der Waals surface area contributed by atoms with E-state index < -0.39 is 0 Å². The molecule has 0 fully saturated rings. The lowest BCUT2D eigenvalue weighted by Crippen LogP contribution is -2.29. The number of hydrogen-bond acceptors (Lipinski definition) is 4. The Morgan fingerprint density at radius 1 is 1.33 bits per heavy atom. The highest BCUT2D eigenvalue weighted by Crippen LogP contribution is 2.23. The molecule has 0 aliphatic carbocycles. The van der Waals surface area contributed by atoms with Crippen molar-refractivity contribution in [2.45, 2.75) is 13.0 Å². The van der Waals surface area contributed by atoms with Crippen LogP contribution in [0.5, 0.6) is 0 Å². The van der Waals surface area contributed by atoms with Crippen molar-refractivity contribution in [2.24, 2.45) is 0 Å². The standard InChI is InChI=1S/C18H19N3O2S/c1-2-23-16(13-6-4-3-5-7-13)11-19-18(22)15-10-20-21-17(15)14-8-9-24-12-14/h3-10,12,16H,2,11H2,1H3,(H,19,22)(H,20,21). The summed E-state index contributed by atoms with van der Waals surface area (Å²) < 4.78 is 5.76. The first-order valence-corrected chi connectivity index (χ1v) is 8.74. The Bertz CT molecular complexity index is 769. The van der Waals surface area contributed by atoms with Crippen molar-refractivity contribution in [2.75, 3.05) is 13.2 Å². The van der Waals surface area contributed by atoms with E-state index in [-0.39, 0.29) is 12.0 Å². The van der Waals surface area contributed by atoms with Crippen LogP contribution >= 0.6 is 11.3 Å². The summed E-state index contributed by atoms with van der Waals surface area (Å²) in [6.45, 7) is 2.94. The summed E-state index contributed by atoms with van der Waals surface area (Å²) >= 11 is 1.58. The van der Waals surface area contributed by atoms with Gasteiger partial charge in [-0.25, -0.2) is 0 Å². The van der Waals surface area contributed by atoms with Crippen LogP contribution in [-0.4, -0.2) is 29.3 Å². The molecule has 0 bridgehead atoms. The van der Waals surface area contributed by atoms with Crippen molar-refractivity contribution in [3.05, 3.63) is 64.5 Å². The summed E-state index contributed by atoms with van der Waals surface area (Å²) in [6.07, 6.45) is 1.39. The number of nitrogens with zero attached hydrogens (tertiary/aromatic N) is 1. The minimum Gasteiger partial charge on any atom is -0.372 e. The average Bonchev–Trinajstić information content (AvgIpc) is 3.29. The Kier molecular flexibility index (Phi) is 5.40. The van der Waals surface area contributed by atoms with Crippen molar-refractivity contribution < 1.29 is 9.53 Å². The van der Waals surface area contributed by atoms with Crippen molar-refractivity contribution >= 4 is 17.2 Å². The topological polar surface area (TPSA) is 67.0 Å². The maximum absolute atomic E-state index is 12.5. The van der Waals surface area contributed by atoms with Crippen LogP contribution in [-0.2, 0) is 4.74 Å². The van der Waals surface area contributed by atoms with Crippen LogP contribution in [0, 0.1) is 0 Å². The van der Waals surface area contributed by atoms with E-state index in [0.29, 0.717) is 18.7 Å². The quantitative estimate of drug-likeness (QED) is 0.689. The van der Waals surface area contributed by atoms with Gasteiger partial charge in [-0.2, -0.15) is 16.4 Å². The Morgan fingerprint density at radius 3 is 2.88 bits per heavy atom. The van der Waals surface area contributed by atoms with Crippen LogP contribution in [0.1, 0.15) is 28.9 Å². The van der Waals surface area contributed by atoms with Gasteiger partial charge >= 0.3 is 0 Å². The van der Waals surface area contributed by atoms with Crippen LogP contribution in [0.2, 0.25) is 0 Å². The number of benzene rings is 1. The third kappa shape index (κ3) is 3.72. The Labute approximate surface area is 144 Å². The van der Waals surface area contributed by atoms with Gasteiger partial charge in [0.2, 0.25) is 0 Å². The number of H-pyrrole nitrogens is 1. The lowest BCUT2D eigenvalue weighted by atomic mass is 10.1. The third-order valence-corrected chi connectivity index (χ3v) is 4.36. The molecule has 5 nitrogen and oxygen atoms in total. The number of thiophene rings is 1. The normalized spacial score (nSPS) is 12.0. The van der Waals surface area contributed by atoms with Gasteiger partial charge in [-0.3, -0.25) is 9.89 Å². The summed E-state index contributed by atoms with van der Waals surface area (Å²) in [6, 6.07) is 11.9. The third-order valence-electron chi connectivity index (χ3n) is 3.68. The molecule has 0 aliphatic heterocycles. The Morgan fingerprint density at radius 2 is 2.17 bits per heavy atom. The molecule has 0 saturated carbocycles. The molecule has 2 N–H and O–H groups in total. The second kappa shape index (κ2) is 7.90. The fraction of sp³-hybridized carbons (Fsp3) is 0.222. The highest BCUT2D eigenvalue weighted by molar-refractivity contribution is 7.08. The van der Waals surface area contributed by atoms with Gasteiger partial charge in [0.05, 0.1) is 23.6 Å². The van der Waals surface area contributed by atoms with E-state index in [2.05, 4.69) is 15.5 Å². The minimum absolute atomic E-state index is 0.161. The van der Waals surface area contributed by atoms with Gasteiger partial charge in [0.25, 0.3) is 5.91 Å². The largest absolute Gasteiger partial charge is 0.372 e. The number of aromatic amines is 1. The molecule has 0 saturated heterocycles. The van der Waals surface area contributed by atoms with E-state index in [1.807, 2.05) is 54.1 Å². The maximum atomic E-state index is 12.5. The number of aromatic nitrogens is 2. The first kappa shape index (κ1) is 16.4. The molecule has 3 rings (SSSR count). The molecule has 0 radical (unpaired) electrons. The zero-order valence-electron chi connectivity index (χ0n) is 13.4. The van der Waals surface area contributed by atoms with Gasteiger partial charge in [-0.05, 0) is 23.9 Å². The molecule has 1 unspecified atom stereocenters. The molecule has 2 heterocycles. The summed E-state index contributed by atoms with van der Waals surface area (Å²) in [5.74, 6) is -0.161. The van der Waals surface area contributed by atoms with Gasteiger partial charge in [0.1, 0.15) is 0 Å². The van der Waals surface area contributed by atoms with Crippen LogP contribution < -0.4 is 5.32 Å². The summed E-state index contributed by atoms with van der Waals surface area (Å²) in [5.41, 5.74) is 3.29. The molecule has 0 spiro atoms. The van der Waals surface area contributed by atoms with Gasteiger partial charge < -0.3 is 10.1 Å². The highest BCUT2D eigenvalue weighted by atomic mass is 32.1. The number of carbonyl (C=O) groups is 1. The summed E-state index contributed by atoms with van der Waals surface area (Å²) in [4.78, 5) is 12.5. The van der Waals surface area contributed by atoms with Gasteiger partial charge in [0.15, 0.2) is 0 Å². The van der Waals surface area contributed by atoms with Crippen LogP contribution in [0.25, 0.3) is 11.3 Å². The van der Waals surface area contributed by atoms with Crippen molar-refractivity contribution in [1.82, 2.24) is 15.5 Å². The molecule has 1 aromatic carbocycles. The average molecular weight is 341 g/mol. The zero-order chi connectivity index (χ0) is 16.8. The first-order valence-electron chi connectivity index (χ1n) is 7.80. The fourth-order valence-corrected chi connectivity index (χ4v) is 3.15. The summed E-state index contributed by atoms with van der Waals surface area (Å²) in [5, 5.41) is 13.8. The number of ether oxygens (including phenoxy) is 1. The number of amides is 1. The lowest BCUT2D eigenvalue weighted by Gasteiger charge is -2.18. The van der Waals surface area contributed by atoms with E-state index >= 15 is 0 Å². The highest BCUT2D eigenvalue weighted by Gasteiger charge is 2.18. The second-order valence-corrected chi connectivity index (χ2v) is 6.02. The van der Waals surface area contributed by atoms with Gasteiger partial charge in [0, 0.05) is 24.1 Å². The van der Waals surface area contributed by atoms with Gasteiger partial charge in [-0.1, -0.05) is 30.3 Å². The lowest BCUT2D eigenvalue weighted by molar-refractivity contribution is 0.0586. The van der Waals surface area contributed by atoms with Crippen molar-refractivity contribution in [1.29, 1.82) is 0 Å². The van der Waals surface area contributed by atoms with Crippen LogP contribution in [0.15, 0.2) is 53.4 Å². The van der Waals surface area contributed by atoms with E-state index in [0.717, 1.165) is 16.8 Å². The van der Waals surface area contributed by atoms with Gasteiger partial charge in [-0.15, -0.1) is 0 Å². The van der Waals surface area contributed by atoms with Crippen molar-refractivity contribution in [3.8, 4) is 11.3 Å². The molecule has 6 heteroatoms. The molecule has 124 valence electrons. The molecule has 1 atom stereocenters. The molecule has 1 amide bonds. The Hall–Kier alpha value is -2.44.